The van der Waals surface area contributed by atoms with Crippen LogP contribution in [0.25, 0.3) is 22.3 Å². The summed E-state index contributed by atoms with van der Waals surface area (Å²) in [5, 5.41) is 39.7. The molecule has 330 valence electrons. The Morgan fingerprint density at radius 2 is 1.15 bits per heavy atom. The maximum Gasteiger partial charge on any atom is 0.184 e. The van der Waals surface area contributed by atoms with Crippen molar-refractivity contribution in [2.75, 3.05) is 48.5 Å². The lowest BCUT2D eigenvalue weighted by Gasteiger charge is -2.26. The SMILES string of the molecule is CC1(O)CCN(c2nc(C(C)(C)C)nc3c2nnn3Cc2cc(CC(C)(C)c3nc(N4CCC(C)(O)C4)c4nnn(Cc5ccccc5S(C)(=O)=O)c4n3)ccc2S(C)(=O)=O)C1. The molecule has 8 rings (SSSR count). The minimum atomic E-state index is -3.69. The lowest BCUT2D eigenvalue weighted by Crippen LogP contribution is -2.31. The smallest absolute Gasteiger partial charge is 0.184 e. The molecule has 2 fully saturated rings. The van der Waals surface area contributed by atoms with Gasteiger partial charge in [-0.05, 0) is 61.9 Å². The molecule has 2 aliphatic heterocycles. The third-order valence-electron chi connectivity index (χ3n) is 11.7. The number of aliphatic hydroxyl groups is 2. The third kappa shape index (κ3) is 8.61. The summed E-state index contributed by atoms with van der Waals surface area (Å²) < 4.78 is 55.2. The minimum Gasteiger partial charge on any atom is -0.388 e. The van der Waals surface area contributed by atoms with Gasteiger partial charge >= 0.3 is 0 Å². The standard InChI is InChI=1S/C42H54N12O6S2/c1-39(2,3)37-43-33(51-18-16-41(6,55)24-51)31-35(45-37)54(50-47-31)23-28-20-26(14-15-30(28)62(9,59)60)21-40(4,5)38-44-34(52-19-17-42(7,56)25-52)32-36(46-38)53(49-48-32)22-27-12-10-11-13-29(27)61(8,57)58/h10-15,20,55-56H,16-19,21-25H2,1-9H3. The van der Waals surface area contributed by atoms with Crippen molar-refractivity contribution in [2.24, 2.45) is 0 Å². The van der Waals surface area contributed by atoms with Gasteiger partial charge in [0.25, 0.3) is 0 Å². The second-order valence-corrected chi connectivity index (χ2v) is 23.3. The number of anilines is 2. The van der Waals surface area contributed by atoms with E-state index in [0.29, 0.717) is 102 Å². The van der Waals surface area contributed by atoms with Crippen LogP contribution in [0.4, 0.5) is 11.6 Å². The minimum absolute atomic E-state index is 0.0478. The number of rotatable bonds is 11. The molecule has 2 N–H and O–H groups in total. The first-order valence-corrected chi connectivity index (χ1v) is 24.3. The van der Waals surface area contributed by atoms with Crippen molar-refractivity contribution in [2.45, 2.75) is 113 Å². The van der Waals surface area contributed by atoms with E-state index < -0.39 is 41.7 Å². The van der Waals surface area contributed by atoms with Crippen LogP contribution in [0.2, 0.25) is 0 Å². The van der Waals surface area contributed by atoms with Crippen LogP contribution < -0.4 is 9.80 Å². The Morgan fingerprint density at radius 1 is 0.661 bits per heavy atom. The van der Waals surface area contributed by atoms with Crippen molar-refractivity contribution in [3.05, 3.63) is 70.8 Å². The zero-order valence-corrected chi connectivity index (χ0v) is 38.2. The first kappa shape index (κ1) is 43.5. The zero-order chi connectivity index (χ0) is 44.8. The van der Waals surface area contributed by atoms with Gasteiger partial charge in [-0.2, -0.15) is 0 Å². The molecule has 0 spiro atoms. The molecule has 62 heavy (non-hydrogen) atoms. The molecule has 4 aromatic heterocycles. The maximum absolute atomic E-state index is 13.3. The molecular formula is C42H54N12O6S2. The number of fused-ring (bicyclic) bond motifs is 2. The molecule has 0 saturated carbocycles. The Kier molecular flexibility index (Phi) is 10.5. The quantitative estimate of drug-likeness (QED) is 0.190. The van der Waals surface area contributed by atoms with Crippen molar-refractivity contribution in [3.8, 4) is 0 Å². The monoisotopic (exact) mass is 886 g/mol. The predicted molar refractivity (Wildman–Crippen MR) is 234 cm³/mol. The van der Waals surface area contributed by atoms with Crippen LogP contribution >= 0.6 is 0 Å². The summed E-state index contributed by atoms with van der Waals surface area (Å²) in [6.45, 7) is 15.6. The van der Waals surface area contributed by atoms with Crippen molar-refractivity contribution >= 4 is 53.6 Å². The summed E-state index contributed by atoms with van der Waals surface area (Å²) in [4.78, 5) is 24.3. The van der Waals surface area contributed by atoms with Crippen LogP contribution in [-0.4, -0.2) is 127 Å². The second kappa shape index (κ2) is 15.0. The van der Waals surface area contributed by atoms with E-state index in [2.05, 4.69) is 20.6 Å². The van der Waals surface area contributed by atoms with Gasteiger partial charge in [0.1, 0.15) is 11.6 Å². The van der Waals surface area contributed by atoms with Gasteiger partial charge in [-0.1, -0.05) is 75.4 Å². The molecule has 2 aromatic carbocycles. The van der Waals surface area contributed by atoms with E-state index in [4.69, 9.17) is 19.9 Å². The molecule has 6 aromatic rings. The predicted octanol–water partition coefficient (Wildman–Crippen LogP) is 3.40. The normalized spacial score (nSPS) is 20.3. The number of hydrogen-bond donors (Lipinski definition) is 2. The molecule has 2 aliphatic rings. The van der Waals surface area contributed by atoms with E-state index in [0.717, 1.165) is 5.56 Å². The van der Waals surface area contributed by atoms with Gasteiger partial charge in [0.15, 0.2) is 53.6 Å². The molecule has 2 saturated heterocycles. The molecule has 20 heteroatoms. The summed E-state index contributed by atoms with van der Waals surface area (Å²) in [6, 6.07) is 12.0. The lowest BCUT2D eigenvalue weighted by atomic mass is 9.84. The van der Waals surface area contributed by atoms with Gasteiger partial charge < -0.3 is 20.0 Å². The molecule has 0 radical (unpaired) electrons. The molecule has 0 aliphatic carbocycles. The zero-order valence-electron chi connectivity index (χ0n) is 36.6. The molecule has 2 atom stereocenters. The first-order chi connectivity index (χ1) is 28.8. The molecule has 0 bridgehead atoms. The van der Waals surface area contributed by atoms with E-state index in [9.17, 15) is 27.0 Å². The fourth-order valence-electron chi connectivity index (χ4n) is 8.36. The number of benzene rings is 2. The van der Waals surface area contributed by atoms with Crippen LogP contribution in [0.15, 0.2) is 52.3 Å². The van der Waals surface area contributed by atoms with E-state index in [1.807, 2.05) is 50.5 Å². The highest BCUT2D eigenvalue weighted by Gasteiger charge is 2.37. The average Bonchev–Trinajstić information content (AvgIpc) is 3.95. The topological polar surface area (TPSA) is 228 Å². The van der Waals surface area contributed by atoms with Crippen molar-refractivity contribution in [1.82, 2.24) is 49.9 Å². The van der Waals surface area contributed by atoms with E-state index in [-0.39, 0.29) is 22.9 Å². The highest BCUT2D eigenvalue weighted by Crippen LogP contribution is 2.36. The third-order valence-corrected chi connectivity index (χ3v) is 14.0. The summed E-state index contributed by atoms with van der Waals surface area (Å²) in [6.07, 6.45) is 3.83. The number of sulfone groups is 2. The lowest BCUT2D eigenvalue weighted by molar-refractivity contribution is 0.0833. The number of β-amino-alcohol motifs (C(OH)–C–C–N with tert-alkyl or cyclic N) is 2. The van der Waals surface area contributed by atoms with Crippen LogP contribution in [0.1, 0.15) is 89.6 Å². The summed E-state index contributed by atoms with van der Waals surface area (Å²) in [5.74, 6) is 2.12. The molecule has 18 nitrogen and oxygen atoms in total. The number of nitrogens with zero attached hydrogens (tertiary/aromatic N) is 12. The van der Waals surface area contributed by atoms with Crippen LogP contribution in [0.3, 0.4) is 0 Å². The first-order valence-electron chi connectivity index (χ1n) is 20.6. The van der Waals surface area contributed by atoms with Gasteiger partial charge in [0.05, 0.1) is 34.1 Å². The van der Waals surface area contributed by atoms with Crippen molar-refractivity contribution < 1.29 is 27.0 Å². The largest absolute Gasteiger partial charge is 0.388 e. The Morgan fingerprint density at radius 3 is 1.65 bits per heavy atom. The highest BCUT2D eigenvalue weighted by molar-refractivity contribution is 7.91. The van der Waals surface area contributed by atoms with Gasteiger partial charge in [-0.15, -0.1) is 10.2 Å². The maximum atomic E-state index is 13.3. The summed E-state index contributed by atoms with van der Waals surface area (Å²) >= 11 is 0. The van der Waals surface area contributed by atoms with Crippen molar-refractivity contribution in [3.63, 3.8) is 0 Å². The molecule has 6 heterocycles. The molecular weight excluding hydrogens is 833 g/mol. The average molecular weight is 887 g/mol. The fourth-order valence-corrected chi connectivity index (χ4v) is 10.2. The van der Waals surface area contributed by atoms with Gasteiger partial charge in [-0.25, -0.2) is 46.1 Å². The Balaban J connectivity index is 1.19. The van der Waals surface area contributed by atoms with Crippen LogP contribution in [-0.2, 0) is 50.0 Å². The molecule has 2 unspecified atom stereocenters. The molecule has 0 amide bonds. The highest BCUT2D eigenvalue weighted by atomic mass is 32.2. The fraction of sp³-hybridized carbons (Fsp3) is 0.524. The second-order valence-electron chi connectivity index (χ2n) is 19.3. The van der Waals surface area contributed by atoms with Gasteiger partial charge in [0.2, 0.25) is 0 Å². The van der Waals surface area contributed by atoms with Gasteiger partial charge in [0, 0.05) is 49.5 Å². The van der Waals surface area contributed by atoms with Crippen molar-refractivity contribution in [1.29, 1.82) is 0 Å². The van der Waals surface area contributed by atoms with E-state index >= 15 is 0 Å². The summed E-state index contributed by atoms with van der Waals surface area (Å²) in [7, 11) is -7.23. The Hall–Kier alpha value is -5.18. The number of hydrogen-bond acceptors (Lipinski definition) is 16. The van der Waals surface area contributed by atoms with E-state index in [1.165, 1.54) is 12.5 Å². The van der Waals surface area contributed by atoms with Crippen LogP contribution in [0, 0.1) is 0 Å². The Bertz CT molecular complexity index is 2950. The number of aromatic nitrogens is 10. The van der Waals surface area contributed by atoms with Crippen LogP contribution in [0.5, 0.6) is 0 Å². The van der Waals surface area contributed by atoms with E-state index in [1.54, 1.807) is 59.6 Å². The summed E-state index contributed by atoms with van der Waals surface area (Å²) in [5.41, 5.74) is 0.585. The van der Waals surface area contributed by atoms with Gasteiger partial charge in [-0.3, -0.25) is 0 Å². The Labute approximate surface area is 361 Å².